The van der Waals surface area contributed by atoms with Gasteiger partial charge in [-0.05, 0) is 19.3 Å². The highest BCUT2D eigenvalue weighted by Gasteiger charge is 2.68. The third-order valence-electron chi connectivity index (χ3n) is 3.76. The molecule has 0 rings (SSSR count). The second-order valence-electron chi connectivity index (χ2n) is 6.38. The zero-order valence-corrected chi connectivity index (χ0v) is 17.7. The summed E-state index contributed by atoms with van der Waals surface area (Å²) in [6.07, 6.45) is -9.54. The number of ether oxygens (including phenoxy) is 3. The molecular weight excluding hydrogens is 504 g/mol. The lowest BCUT2D eigenvalue weighted by molar-refractivity contribution is -0.355. The lowest BCUT2D eigenvalue weighted by atomic mass is 10.1. The highest BCUT2D eigenvalue weighted by molar-refractivity contribution is 7.86. The van der Waals surface area contributed by atoms with Gasteiger partial charge in [0, 0.05) is 6.42 Å². The first-order valence-electron chi connectivity index (χ1n) is 8.93. The molecular formula is C16H19F8O8S-. The molecule has 1 atom stereocenters. The van der Waals surface area contributed by atoms with Crippen LogP contribution in [0.3, 0.4) is 0 Å². The molecule has 0 saturated heterocycles. The minimum atomic E-state index is -6.77. The predicted molar refractivity (Wildman–Crippen MR) is 90.4 cm³/mol. The van der Waals surface area contributed by atoms with E-state index in [4.69, 9.17) is 0 Å². The van der Waals surface area contributed by atoms with Crippen molar-refractivity contribution in [3.8, 4) is 0 Å². The number of halogens is 8. The Balaban J connectivity index is 5.52. The molecule has 0 aliphatic carbocycles. The van der Waals surface area contributed by atoms with Crippen LogP contribution >= 0.6 is 0 Å². The quantitative estimate of drug-likeness (QED) is 0.0847. The highest BCUT2D eigenvalue weighted by atomic mass is 32.2. The van der Waals surface area contributed by atoms with Gasteiger partial charge in [0.2, 0.25) is 5.83 Å². The molecule has 0 heterocycles. The Morgan fingerprint density at radius 2 is 1.52 bits per heavy atom. The molecule has 0 radical (unpaired) electrons. The van der Waals surface area contributed by atoms with Crippen molar-refractivity contribution in [2.24, 2.45) is 0 Å². The predicted octanol–water partition coefficient (Wildman–Crippen LogP) is 3.57. The van der Waals surface area contributed by atoms with Gasteiger partial charge in [-0.2, -0.15) is 35.1 Å². The fourth-order valence-corrected chi connectivity index (χ4v) is 2.44. The monoisotopic (exact) mass is 523 g/mol. The zero-order chi connectivity index (χ0) is 26.3. The van der Waals surface area contributed by atoms with Crippen LogP contribution < -0.4 is 0 Å². The van der Waals surface area contributed by atoms with Gasteiger partial charge in [0.1, 0.15) is 0 Å². The lowest BCUT2D eigenvalue weighted by Gasteiger charge is -2.32. The molecule has 33 heavy (non-hydrogen) atoms. The first-order valence-corrected chi connectivity index (χ1v) is 10.3. The van der Waals surface area contributed by atoms with E-state index in [9.17, 15) is 57.7 Å². The summed E-state index contributed by atoms with van der Waals surface area (Å²) in [5, 5.41) is -6.00. The van der Waals surface area contributed by atoms with E-state index in [1.807, 2.05) is 0 Å². The summed E-state index contributed by atoms with van der Waals surface area (Å²) in [4.78, 5) is 23.3. The van der Waals surface area contributed by atoms with E-state index in [0.29, 0.717) is 6.42 Å². The van der Waals surface area contributed by atoms with Gasteiger partial charge in [0.15, 0.2) is 10.1 Å². The van der Waals surface area contributed by atoms with Crippen LogP contribution in [0.15, 0.2) is 12.4 Å². The molecule has 0 saturated carbocycles. The second kappa shape index (κ2) is 11.4. The average molecular weight is 523 g/mol. The molecule has 0 aromatic carbocycles. The van der Waals surface area contributed by atoms with E-state index in [2.05, 4.69) is 20.8 Å². The number of rotatable bonds is 14. The van der Waals surface area contributed by atoms with Crippen LogP contribution in [-0.4, -0.2) is 61.3 Å². The van der Waals surface area contributed by atoms with Crippen LogP contribution in [0.5, 0.6) is 0 Å². The van der Waals surface area contributed by atoms with Gasteiger partial charge in [-0.1, -0.05) is 19.9 Å². The van der Waals surface area contributed by atoms with Gasteiger partial charge in [0.25, 0.3) is 0 Å². The van der Waals surface area contributed by atoms with Gasteiger partial charge in [0.05, 0.1) is 13.2 Å². The maximum atomic E-state index is 13.6. The number of hydrogen-bond donors (Lipinski definition) is 0. The molecule has 0 N–H and O–H groups in total. The van der Waals surface area contributed by atoms with Crippen molar-refractivity contribution >= 4 is 22.1 Å². The molecule has 0 spiro atoms. The number of unbranched alkanes of at least 4 members (excludes halogenated alkanes) is 2. The fraction of sp³-hybridized carbons (Fsp3) is 0.750. The third-order valence-corrected chi connectivity index (χ3v) is 4.69. The third kappa shape index (κ3) is 7.77. The van der Waals surface area contributed by atoms with E-state index in [-0.39, 0.29) is 6.42 Å². The summed E-state index contributed by atoms with van der Waals surface area (Å²) in [6.45, 7) is 2.00. The number of hydrogen-bond acceptors (Lipinski definition) is 8. The molecule has 0 fully saturated rings. The summed E-state index contributed by atoms with van der Waals surface area (Å²) in [7, 11) is -6.77. The Morgan fingerprint density at radius 1 is 0.970 bits per heavy atom. The maximum absolute atomic E-state index is 13.6. The second-order valence-corrected chi connectivity index (χ2v) is 7.80. The van der Waals surface area contributed by atoms with Crippen LogP contribution in [0.1, 0.15) is 39.0 Å². The molecule has 0 aromatic rings. The van der Waals surface area contributed by atoms with Gasteiger partial charge < -0.3 is 18.8 Å². The van der Waals surface area contributed by atoms with Crippen LogP contribution in [0.4, 0.5) is 35.1 Å². The van der Waals surface area contributed by atoms with Crippen molar-refractivity contribution in [3.63, 3.8) is 0 Å². The topological polar surface area (TPSA) is 119 Å². The van der Waals surface area contributed by atoms with Crippen molar-refractivity contribution < 1.29 is 71.9 Å². The Kier molecular flexibility index (Phi) is 10.7. The molecule has 0 bridgehead atoms. The summed E-state index contributed by atoms with van der Waals surface area (Å²) >= 11 is 0. The maximum Gasteiger partial charge on any atom is 0.468 e. The van der Waals surface area contributed by atoms with E-state index in [1.54, 1.807) is 6.92 Å². The molecule has 194 valence electrons. The van der Waals surface area contributed by atoms with Gasteiger partial charge >= 0.3 is 35.1 Å². The molecule has 0 aliphatic heterocycles. The number of alkyl halides is 7. The average Bonchev–Trinajstić information content (AvgIpc) is 2.64. The van der Waals surface area contributed by atoms with Crippen LogP contribution in [0, 0.1) is 0 Å². The lowest BCUT2D eigenvalue weighted by Crippen LogP contribution is -2.58. The van der Waals surface area contributed by atoms with E-state index in [0.717, 1.165) is 0 Å². The van der Waals surface area contributed by atoms with Crippen LogP contribution in [0.25, 0.3) is 0 Å². The fourth-order valence-electron chi connectivity index (χ4n) is 1.97. The first kappa shape index (κ1) is 31.0. The molecule has 0 aliphatic rings. The van der Waals surface area contributed by atoms with Crippen molar-refractivity contribution in [2.45, 2.75) is 62.2 Å². The van der Waals surface area contributed by atoms with E-state index < -0.39 is 83.5 Å². The number of carbonyl (C=O) groups is 2. The van der Waals surface area contributed by atoms with Crippen LogP contribution in [0.2, 0.25) is 0 Å². The zero-order valence-electron chi connectivity index (χ0n) is 16.9. The highest BCUT2D eigenvalue weighted by Crippen LogP contribution is 2.42. The molecule has 17 heteroatoms. The molecule has 1 unspecified atom stereocenters. The van der Waals surface area contributed by atoms with Gasteiger partial charge in [-0.15, -0.1) is 0 Å². The molecule has 0 amide bonds. The van der Waals surface area contributed by atoms with Gasteiger partial charge in [-0.3, -0.25) is 0 Å². The minimum Gasteiger partial charge on any atom is -0.743 e. The Bertz CT molecular complexity index is 812. The summed E-state index contributed by atoms with van der Waals surface area (Å²) in [5.41, 5.74) is 0. The number of esters is 2. The standard InChI is InChI=1S/C16H20F8O8S/c1-3-4-8-30-12(26)14(15(20,21)22,32-11(25)10(2)17)31-9-6-5-7-13(18,19)16(23,24)33(27,28)29/h2-9H2,1H3,(H,27,28,29)/p-1. The molecule has 8 nitrogen and oxygen atoms in total. The Labute approximate surface area is 182 Å². The SMILES string of the molecule is C=C(F)C(=O)OC(OCCCCC(F)(F)C(F)(F)S(=O)(=O)[O-])(C(=O)OCCCC)C(F)(F)F. The van der Waals surface area contributed by atoms with Crippen molar-refractivity contribution in [2.75, 3.05) is 13.2 Å². The van der Waals surface area contributed by atoms with Crippen molar-refractivity contribution in [1.29, 1.82) is 0 Å². The Morgan fingerprint density at radius 3 is 1.94 bits per heavy atom. The largest absolute Gasteiger partial charge is 0.743 e. The summed E-state index contributed by atoms with van der Waals surface area (Å²) < 4.78 is 150. The summed E-state index contributed by atoms with van der Waals surface area (Å²) in [6, 6.07) is 0. The van der Waals surface area contributed by atoms with Gasteiger partial charge in [-0.25, -0.2) is 18.0 Å². The Hall–Kier alpha value is -2.01. The minimum absolute atomic E-state index is 0.0648. The van der Waals surface area contributed by atoms with Crippen molar-refractivity contribution in [1.82, 2.24) is 0 Å². The van der Waals surface area contributed by atoms with E-state index >= 15 is 0 Å². The smallest absolute Gasteiger partial charge is 0.468 e. The summed E-state index contributed by atoms with van der Waals surface area (Å²) in [5.74, 6) is -16.7. The van der Waals surface area contributed by atoms with Crippen molar-refractivity contribution in [3.05, 3.63) is 12.4 Å². The first-order chi connectivity index (χ1) is 14.8. The molecule has 0 aromatic heterocycles. The van der Waals surface area contributed by atoms with Crippen LogP contribution in [-0.2, 0) is 33.9 Å². The normalized spacial score (nSPS) is 15.0. The van der Waals surface area contributed by atoms with E-state index in [1.165, 1.54) is 0 Å². The number of carbonyl (C=O) groups excluding carboxylic acids is 2.